The first kappa shape index (κ1) is 13.4. The third-order valence-corrected chi connectivity index (χ3v) is 3.67. The largest absolute Gasteiger partial charge is 0.506 e. The maximum atomic E-state index is 9.33. The molecule has 0 aromatic heterocycles. The van der Waals surface area contributed by atoms with Gasteiger partial charge >= 0.3 is 0 Å². The van der Waals surface area contributed by atoms with Crippen LogP contribution in [0.15, 0.2) is 18.2 Å². The summed E-state index contributed by atoms with van der Waals surface area (Å²) in [4.78, 5) is 0. The molecule has 0 radical (unpaired) electrons. The molecule has 5 heteroatoms. The fourth-order valence-corrected chi connectivity index (χ4v) is 2.65. The van der Waals surface area contributed by atoms with Crippen molar-refractivity contribution >= 4 is 34.6 Å². The second-order valence-electron chi connectivity index (χ2n) is 4.60. The Morgan fingerprint density at radius 3 is 2.67 bits per heavy atom. The summed E-state index contributed by atoms with van der Waals surface area (Å²) in [6.07, 6.45) is 6.22. The molecule has 3 N–H and O–H groups in total. The summed E-state index contributed by atoms with van der Waals surface area (Å²) in [6.45, 7) is 0. The van der Waals surface area contributed by atoms with Gasteiger partial charge in [0, 0.05) is 11.7 Å². The van der Waals surface area contributed by atoms with Gasteiger partial charge in [0.05, 0.1) is 5.02 Å². The van der Waals surface area contributed by atoms with Gasteiger partial charge in [0.15, 0.2) is 5.11 Å². The molecule has 1 aromatic rings. The van der Waals surface area contributed by atoms with E-state index in [0.717, 1.165) is 5.69 Å². The van der Waals surface area contributed by atoms with Crippen LogP contribution in [0.25, 0.3) is 0 Å². The number of phenols is 1. The smallest absolute Gasteiger partial charge is 0.170 e. The van der Waals surface area contributed by atoms with Crippen molar-refractivity contribution in [2.75, 3.05) is 5.32 Å². The predicted octanol–water partition coefficient (Wildman–Crippen LogP) is 3.66. The first-order valence-electron chi connectivity index (χ1n) is 6.21. The van der Waals surface area contributed by atoms with E-state index in [0.29, 0.717) is 16.2 Å². The van der Waals surface area contributed by atoms with Gasteiger partial charge in [0.25, 0.3) is 0 Å². The van der Waals surface area contributed by atoms with Crippen molar-refractivity contribution in [1.82, 2.24) is 5.32 Å². The second kappa shape index (κ2) is 6.25. The lowest BCUT2D eigenvalue weighted by molar-refractivity contribution is 0.415. The summed E-state index contributed by atoms with van der Waals surface area (Å²) in [6, 6.07) is 5.43. The normalized spacial score (nSPS) is 16.3. The molecule has 1 aromatic carbocycles. The van der Waals surface area contributed by atoms with Crippen LogP contribution in [0.1, 0.15) is 32.1 Å². The second-order valence-corrected chi connectivity index (χ2v) is 5.42. The molecule has 0 amide bonds. The number of thiocarbonyl (C=S) groups is 1. The van der Waals surface area contributed by atoms with Crippen LogP contribution < -0.4 is 10.6 Å². The van der Waals surface area contributed by atoms with E-state index in [-0.39, 0.29) is 5.75 Å². The van der Waals surface area contributed by atoms with Crippen molar-refractivity contribution in [3.8, 4) is 5.75 Å². The van der Waals surface area contributed by atoms with Crippen molar-refractivity contribution < 1.29 is 5.11 Å². The molecule has 1 saturated carbocycles. The Morgan fingerprint density at radius 1 is 1.28 bits per heavy atom. The fraction of sp³-hybridized carbons (Fsp3) is 0.462. The van der Waals surface area contributed by atoms with E-state index < -0.39 is 0 Å². The van der Waals surface area contributed by atoms with Crippen LogP contribution in [0.5, 0.6) is 5.75 Å². The first-order chi connectivity index (χ1) is 8.65. The average Bonchev–Trinajstić information content (AvgIpc) is 2.35. The van der Waals surface area contributed by atoms with E-state index in [9.17, 15) is 5.11 Å². The molecule has 98 valence electrons. The van der Waals surface area contributed by atoms with Crippen LogP contribution >= 0.6 is 23.8 Å². The van der Waals surface area contributed by atoms with Crippen molar-refractivity contribution in [1.29, 1.82) is 0 Å². The highest BCUT2D eigenvalue weighted by Crippen LogP contribution is 2.26. The number of aromatic hydroxyl groups is 1. The van der Waals surface area contributed by atoms with E-state index in [1.54, 1.807) is 18.2 Å². The molecule has 0 spiro atoms. The van der Waals surface area contributed by atoms with E-state index in [2.05, 4.69) is 10.6 Å². The van der Waals surface area contributed by atoms with E-state index in [4.69, 9.17) is 23.8 Å². The van der Waals surface area contributed by atoms with Gasteiger partial charge in [-0.1, -0.05) is 30.9 Å². The van der Waals surface area contributed by atoms with Crippen LogP contribution in [-0.4, -0.2) is 16.3 Å². The lowest BCUT2D eigenvalue weighted by Crippen LogP contribution is -2.38. The number of rotatable bonds is 2. The Hall–Kier alpha value is -1.00. The predicted molar refractivity (Wildman–Crippen MR) is 79.3 cm³/mol. The molecule has 1 fully saturated rings. The minimum atomic E-state index is 0.0772. The summed E-state index contributed by atoms with van der Waals surface area (Å²) in [7, 11) is 0. The van der Waals surface area contributed by atoms with Crippen LogP contribution in [0, 0.1) is 0 Å². The zero-order chi connectivity index (χ0) is 13.0. The van der Waals surface area contributed by atoms with Crippen LogP contribution in [-0.2, 0) is 0 Å². The molecular formula is C13H17ClN2OS. The molecule has 0 atom stereocenters. The van der Waals surface area contributed by atoms with Gasteiger partial charge in [0.1, 0.15) is 5.75 Å². The zero-order valence-electron chi connectivity index (χ0n) is 10.1. The Kier molecular flexibility index (Phi) is 4.66. The third-order valence-electron chi connectivity index (χ3n) is 3.15. The summed E-state index contributed by atoms with van der Waals surface area (Å²) >= 11 is 11.1. The number of phenolic OH excluding ortho intramolecular Hbond substituents is 1. The molecule has 0 heterocycles. The van der Waals surface area contributed by atoms with Gasteiger partial charge in [-0.2, -0.15) is 0 Å². The molecule has 0 bridgehead atoms. The molecule has 0 aliphatic heterocycles. The standard InChI is InChI=1S/C13H17ClN2OS/c14-11-8-10(6-7-12(11)17)16-13(18)15-9-4-2-1-3-5-9/h6-9,17H,1-5H2,(H2,15,16,18). The summed E-state index contributed by atoms with van der Waals surface area (Å²) < 4.78 is 0. The molecule has 1 aliphatic rings. The number of hydrogen-bond donors (Lipinski definition) is 3. The fourth-order valence-electron chi connectivity index (χ4n) is 2.18. The molecule has 1 aliphatic carbocycles. The van der Waals surface area contributed by atoms with Crippen molar-refractivity contribution in [3.63, 3.8) is 0 Å². The van der Waals surface area contributed by atoms with Crippen molar-refractivity contribution in [2.45, 2.75) is 38.1 Å². The number of anilines is 1. The Labute approximate surface area is 118 Å². The minimum absolute atomic E-state index is 0.0772. The van der Waals surface area contributed by atoms with Crippen molar-refractivity contribution in [3.05, 3.63) is 23.2 Å². The molecule has 2 rings (SSSR count). The lowest BCUT2D eigenvalue weighted by Gasteiger charge is -2.24. The van der Waals surface area contributed by atoms with E-state index >= 15 is 0 Å². The van der Waals surface area contributed by atoms with Crippen LogP contribution in [0.2, 0.25) is 5.02 Å². The van der Waals surface area contributed by atoms with Gasteiger partial charge in [-0.05, 0) is 43.3 Å². The van der Waals surface area contributed by atoms with Gasteiger partial charge in [-0.15, -0.1) is 0 Å². The number of hydrogen-bond acceptors (Lipinski definition) is 2. The third kappa shape index (κ3) is 3.75. The average molecular weight is 285 g/mol. The molecule has 0 unspecified atom stereocenters. The van der Waals surface area contributed by atoms with E-state index in [1.807, 2.05) is 0 Å². The first-order valence-corrected chi connectivity index (χ1v) is 7.00. The maximum Gasteiger partial charge on any atom is 0.170 e. The van der Waals surface area contributed by atoms with Crippen LogP contribution in [0.3, 0.4) is 0 Å². The number of benzene rings is 1. The van der Waals surface area contributed by atoms with Gasteiger partial charge < -0.3 is 15.7 Å². The highest BCUT2D eigenvalue weighted by Gasteiger charge is 2.14. The van der Waals surface area contributed by atoms with Gasteiger partial charge in [0.2, 0.25) is 0 Å². The summed E-state index contributed by atoms with van der Waals surface area (Å²) in [5.41, 5.74) is 0.783. The molecule has 18 heavy (non-hydrogen) atoms. The highest BCUT2D eigenvalue weighted by molar-refractivity contribution is 7.80. The Morgan fingerprint density at radius 2 is 2.00 bits per heavy atom. The summed E-state index contributed by atoms with van der Waals surface area (Å²) in [5.74, 6) is 0.0772. The quantitative estimate of drug-likeness (QED) is 0.573. The maximum absolute atomic E-state index is 9.33. The number of nitrogens with one attached hydrogen (secondary N) is 2. The Balaban J connectivity index is 1.88. The lowest BCUT2D eigenvalue weighted by atomic mass is 9.96. The topological polar surface area (TPSA) is 44.3 Å². The molecule has 3 nitrogen and oxygen atoms in total. The monoisotopic (exact) mass is 284 g/mol. The molecular weight excluding hydrogens is 268 g/mol. The van der Waals surface area contributed by atoms with E-state index in [1.165, 1.54) is 32.1 Å². The van der Waals surface area contributed by atoms with Crippen molar-refractivity contribution in [2.24, 2.45) is 0 Å². The van der Waals surface area contributed by atoms with Gasteiger partial charge in [-0.3, -0.25) is 0 Å². The Bertz CT molecular complexity index is 433. The zero-order valence-corrected chi connectivity index (χ0v) is 11.7. The minimum Gasteiger partial charge on any atom is -0.506 e. The van der Waals surface area contributed by atoms with Gasteiger partial charge in [-0.25, -0.2) is 0 Å². The SMILES string of the molecule is Oc1ccc(NC(=S)NC2CCCCC2)cc1Cl. The summed E-state index contributed by atoms with van der Waals surface area (Å²) in [5, 5.41) is 16.7. The number of halogens is 1. The van der Waals surface area contributed by atoms with Crippen LogP contribution in [0.4, 0.5) is 5.69 Å². The highest BCUT2D eigenvalue weighted by atomic mass is 35.5. The molecule has 0 saturated heterocycles.